The molecular weight excluding hydrogens is 413 g/mol. The summed E-state index contributed by atoms with van der Waals surface area (Å²) in [7, 11) is 0. The molecule has 3 rings (SSSR count). The molecule has 1 amide bonds. The standard InChI is InChI=1S/C20H25BrFN3O2/c1-20(2,3)27-19(26)24-10-7-14(8-11-24)18(25-12-9-23-13-25)17-15(21)5-4-6-16(17)22/h4-6,9,12-14,18H,7-8,10-11H2,1-3H3. The summed E-state index contributed by atoms with van der Waals surface area (Å²) in [6, 6.07) is 4.86. The minimum atomic E-state index is -0.509. The summed E-state index contributed by atoms with van der Waals surface area (Å²) in [6.45, 7) is 6.78. The number of aromatic nitrogens is 2. The van der Waals surface area contributed by atoms with Crippen molar-refractivity contribution in [2.45, 2.75) is 45.3 Å². The Morgan fingerprint density at radius 3 is 2.59 bits per heavy atom. The molecule has 2 aromatic rings. The number of likely N-dealkylation sites (tertiary alicyclic amines) is 1. The molecular formula is C20H25BrFN3O2. The number of piperidine rings is 1. The fourth-order valence-electron chi connectivity index (χ4n) is 3.58. The summed E-state index contributed by atoms with van der Waals surface area (Å²) in [5, 5.41) is 0. The van der Waals surface area contributed by atoms with Crippen molar-refractivity contribution >= 4 is 22.0 Å². The number of rotatable bonds is 3. The van der Waals surface area contributed by atoms with Gasteiger partial charge in [-0.2, -0.15) is 0 Å². The van der Waals surface area contributed by atoms with Gasteiger partial charge < -0.3 is 14.2 Å². The van der Waals surface area contributed by atoms with Gasteiger partial charge in [-0.05, 0) is 51.7 Å². The second-order valence-electron chi connectivity index (χ2n) is 7.89. The molecule has 0 N–H and O–H groups in total. The molecule has 1 unspecified atom stereocenters. The zero-order valence-electron chi connectivity index (χ0n) is 15.9. The number of hydrogen-bond donors (Lipinski definition) is 0. The van der Waals surface area contributed by atoms with Crippen molar-refractivity contribution in [3.8, 4) is 0 Å². The number of imidazole rings is 1. The Kier molecular flexibility index (Phi) is 5.89. The number of benzene rings is 1. The molecule has 27 heavy (non-hydrogen) atoms. The van der Waals surface area contributed by atoms with E-state index in [9.17, 15) is 9.18 Å². The maximum absolute atomic E-state index is 14.7. The van der Waals surface area contributed by atoms with Gasteiger partial charge in [0.1, 0.15) is 11.4 Å². The topological polar surface area (TPSA) is 47.4 Å². The lowest BCUT2D eigenvalue weighted by Gasteiger charge is -2.37. The number of carbonyl (C=O) groups is 1. The number of hydrogen-bond acceptors (Lipinski definition) is 3. The van der Waals surface area contributed by atoms with Gasteiger partial charge in [-0.15, -0.1) is 0 Å². The summed E-state index contributed by atoms with van der Waals surface area (Å²) in [6.07, 6.45) is 6.55. The van der Waals surface area contributed by atoms with E-state index < -0.39 is 5.60 Å². The van der Waals surface area contributed by atoms with Crippen molar-refractivity contribution in [1.82, 2.24) is 14.5 Å². The molecule has 2 heterocycles. The minimum Gasteiger partial charge on any atom is -0.444 e. The lowest BCUT2D eigenvalue weighted by Crippen LogP contribution is -2.43. The Labute approximate surface area is 167 Å². The van der Waals surface area contributed by atoms with Gasteiger partial charge in [-0.3, -0.25) is 0 Å². The van der Waals surface area contributed by atoms with Gasteiger partial charge in [0, 0.05) is 35.5 Å². The molecule has 1 saturated heterocycles. The third-order valence-electron chi connectivity index (χ3n) is 4.78. The van der Waals surface area contributed by atoms with Crippen LogP contribution in [0.4, 0.5) is 9.18 Å². The van der Waals surface area contributed by atoms with E-state index in [4.69, 9.17) is 4.74 Å². The highest BCUT2D eigenvalue weighted by Crippen LogP contribution is 2.38. The van der Waals surface area contributed by atoms with Crippen molar-refractivity contribution in [1.29, 1.82) is 0 Å². The van der Waals surface area contributed by atoms with Crippen LogP contribution in [-0.4, -0.2) is 39.2 Å². The van der Waals surface area contributed by atoms with E-state index in [0.29, 0.717) is 18.7 Å². The van der Waals surface area contributed by atoms with Crippen molar-refractivity contribution in [2.24, 2.45) is 5.92 Å². The summed E-state index contributed by atoms with van der Waals surface area (Å²) in [4.78, 5) is 18.2. The number of ether oxygens (including phenoxy) is 1. The second kappa shape index (κ2) is 8.00. The molecule has 0 spiro atoms. The monoisotopic (exact) mass is 437 g/mol. The third-order valence-corrected chi connectivity index (χ3v) is 5.47. The van der Waals surface area contributed by atoms with E-state index in [-0.39, 0.29) is 23.9 Å². The molecule has 0 bridgehead atoms. The van der Waals surface area contributed by atoms with E-state index in [1.54, 1.807) is 23.5 Å². The van der Waals surface area contributed by atoms with Crippen LogP contribution in [0.1, 0.15) is 45.2 Å². The predicted molar refractivity (Wildman–Crippen MR) is 105 cm³/mol. The zero-order chi connectivity index (χ0) is 19.6. The van der Waals surface area contributed by atoms with Crippen molar-refractivity contribution in [3.05, 3.63) is 52.8 Å². The van der Waals surface area contributed by atoms with E-state index in [0.717, 1.165) is 17.3 Å². The molecule has 0 radical (unpaired) electrons. The molecule has 0 aliphatic carbocycles. The normalized spacial score (nSPS) is 17.0. The van der Waals surface area contributed by atoms with Gasteiger partial charge in [-0.1, -0.05) is 22.0 Å². The van der Waals surface area contributed by atoms with Gasteiger partial charge in [-0.25, -0.2) is 14.2 Å². The van der Waals surface area contributed by atoms with Crippen LogP contribution in [0.3, 0.4) is 0 Å². The molecule has 1 aliphatic rings. The van der Waals surface area contributed by atoms with Gasteiger partial charge in [0.2, 0.25) is 0 Å². The zero-order valence-corrected chi connectivity index (χ0v) is 17.4. The Balaban J connectivity index is 1.80. The molecule has 146 valence electrons. The highest BCUT2D eigenvalue weighted by molar-refractivity contribution is 9.10. The van der Waals surface area contributed by atoms with Crippen LogP contribution < -0.4 is 0 Å². The average Bonchev–Trinajstić information content (AvgIpc) is 3.11. The molecule has 0 saturated carbocycles. The first kappa shape index (κ1) is 19.9. The number of halogens is 2. The van der Waals surface area contributed by atoms with Crippen molar-refractivity contribution in [3.63, 3.8) is 0 Å². The van der Waals surface area contributed by atoms with Crippen LogP contribution >= 0.6 is 15.9 Å². The highest BCUT2D eigenvalue weighted by Gasteiger charge is 2.34. The Hall–Kier alpha value is -1.89. The summed E-state index contributed by atoms with van der Waals surface area (Å²) in [5.41, 5.74) is 0.122. The number of amides is 1. The maximum Gasteiger partial charge on any atom is 0.410 e. The lowest BCUT2D eigenvalue weighted by atomic mass is 9.85. The van der Waals surface area contributed by atoms with Crippen molar-refractivity contribution < 1.29 is 13.9 Å². The minimum absolute atomic E-state index is 0.177. The molecule has 1 aliphatic heterocycles. The summed E-state index contributed by atoms with van der Waals surface area (Å²) in [5.74, 6) is -0.0521. The average molecular weight is 438 g/mol. The van der Waals surface area contributed by atoms with Gasteiger partial charge in [0.25, 0.3) is 0 Å². The third kappa shape index (κ3) is 4.69. The first-order valence-electron chi connectivity index (χ1n) is 9.15. The first-order chi connectivity index (χ1) is 12.8. The van der Waals surface area contributed by atoms with Crippen molar-refractivity contribution in [2.75, 3.05) is 13.1 Å². The van der Waals surface area contributed by atoms with E-state index in [1.165, 1.54) is 6.07 Å². The molecule has 1 atom stereocenters. The predicted octanol–water partition coefficient (Wildman–Crippen LogP) is 5.02. The van der Waals surface area contributed by atoms with Crippen LogP contribution in [0, 0.1) is 11.7 Å². The van der Waals surface area contributed by atoms with E-state index >= 15 is 0 Å². The first-order valence-corrected chi connectivity index (χ1v) is 9.95. The van der Waals surface area contributed by atoms with Crippen LogP contribution in [0.2, 0.25) is 0 Å². The molecule has 1 aromatic carbocycles. The lowest BCUT2D eigenvalue weighted by molar-refractivity contribution is 0.0169. The Morgan fingerprint density at radius 1 is 1.33 bits per heavy atom. The summed E-state index contributed by atoms with van der Waals surface area (Å²) < 4.78 is 22.9. The van der Waals surface area contributed by atoms with Crippen LogP contribution in [-0.2, 0) is 4.74 Å². The quantitative estimate of drug-likeness (QED) is 0.676. The molecule has 1 fully saturated rings. The Bertz CT molecular complexity index is 761. The Morgan fingerprint density at radius 2 is 2.04 bits per heavy atom. The SMILES string of the molecule is CC(C)(C)OC(=O)N1CCC(C(c2c(F)cccc2Br)n2ccnc2)CC1. The van der Waals surface area contributed by atoms with Crippen LogP contribution in [0.5, 0.6) is 0 Å². The number of nitrogens with zero attached hydrogens (tertiary/aromatic N) is 3. The van der Waals surface area contributed by atoms with Gasteiger partial charge >= 0.3 is 6.09 Å². The second-order valence-corrected chi connectivity index (χ2v) is 8.75. The number of carbonyl (C=O) groups excluding carboxylic acids is 1. The largest absolute Gasteiger partial charge is 0.444 e. The molecule has 5 nitrogen and oxygen atoms in total. The molecule has 1 aromatic heterocycles. The fraction of sp³-hybridized carbons (Fsp3) is 0.500. The molecule has 7 heteroatoms. The van der Waals surface area contributed by atoms with E-state index in [1.807, 2.05) is 37.6 Å². The smallest absolute Gasteiger partial charge is 0.410 e. The van der Waals surface area contributed by atoms with E-state index in [2.05, 4.69) is 20.9 Å². The summed E-state index contributed by atoms with van der Waals surface area (Å²) >= 11 is 3.51. The maximum atomic E-state index is 14.7. The van der Waals surface area contributed by atoms with Gasteiger partial charge in [0.15, 0.2) is 0 Å². The van der Waals surface area contributed by atoms with Gasteiger partial charge in [0.05, 0.1) is 12.4 Å². The van der Waals surface area contributed by atoms with Crippen LogP contribution in [0.25, 0.3) is 0 Å². The fourth-order valence-corrected chi connectivity index (χ4v) is 4.16. The van der Waals surface area contributed by atoms with Crippen LogP contribution in [0.15, 0.2) is 41.4 Å². The highest BCUT2D eigenvalue weighted by atomic mass is 79.9.